The highest BCUT2D eigenvalue weighted by Crippen LogP contribution is 2.22. The highest BCUT2D eigenvalue weighted by molar-refractivity contribution is 5.81. The van der Waals surface area contributed by atoms with Crippen LogP contribution in [0.1, 0.15) is 22.9 Å². The smallest absolute Gasteiger partial charge is 0.297 e. The molecule has 25 heavy (non-hydrogen) atoms. The van der Waals surface area contributed by atoms with E-state index in [9.17, 15) is 4.79 Å². The third kappa shape index (κ3) is 2.53. The second-order valence-electron chi connectivity index (χ2n) is 5.90. The van der Waals surface area contributed by atoms with Crippen molar-refractivity contribution in [2.24, 2.45) is 0 Å². The van der Waals surface area contributed by atoms with Crippen molar-refractivity contribution in [2.45, 2.75) is 27.3 Å². The number of hydrogen-bond acceptors (Lipinski definition) is 6. The van der Waals surface area contributed by atoms with Crippen LogP contribution in [0.15, 0.2) is 44.1 Å². The van der Waals surface area contributed by atoms with Gasteiger partial charge < -0.3 is 8.94 Å². The van der Waals surface area contributed by atoms with Crippen LogP contribution < -0.4 is 5.56 Å². The molecule has 0 saturated carbocycles. The van der Waals surface area contributed by atoms with Gasteiger partial charge in [-0.15, -0.1) is 0 Å². The van der Waals surface area contributed by atoms with Crippen LogP contribution >= 0.6 is 0 Å². The first-order valence-electron chi connectivity index (χ1n) is 7.90. The monoisotopic (exact) mass is 336 g/mol. The van der Waals surface area contributed by atoms with Gasteiger partial charge >= 0.3 is 0 Å². The molecule has 0 aliphatic heterocycles. The van der Waals surface area contributed by atoms with Crippen LogP contribution in [0, 0.1) is 20.8 Å². The maximum atomic E-state index is 12.6. The Bertz CT molecular complexity index is 1120. The van der Waals surface area contributed by atoms with Crippen LogP contribution in [0.3, 0.4) is 0 Å². The van der Waals surface area contributed by atoms with E-state index in [1.807, 2.05) is 44.2 Å². The van der Waals surface area contributed by atoms with Crippen molar-refractivity contribution in [3.05, 3.63) is 63.6 Å². The lowest BCUT2D eigenvalue weighted by Crippen LogP contribution is -2.25. The summed E-state index contributed by atoms with van der Waals surface area (Å²) in [5.74, 6) is 1.77. The summed E-state index contributed by atoms with van der Waals surface area (Å²) in [4.78, 5) is 17.1. The van der Waals surface area contributed by atoms with Crippen molar-refractivity contribution in [1.82, 2.24) is 19.9 Å². The summed E-state index contributed by atoms with van der Waals surface area (Å²) in [5, 5.41) is 8.91. The minimum absolute atomic E-state index is 0.212. The van der Waals surface area contributed by atoms with E-state index in [0.29, 0.717) is 34.2 Å². The van der Waals surface area contributed by atoms with Gasteiger partial charge in [0.2, 0.25) is 5.89 Å². The number of benzene rings is 1. The van der Waals surface area contributed by atoms with Gasteiger partial charge in [0.25, 0.3) is 5.56 Å². The van der Waals surface area contributed by atoms with Gasteiger partial charge in [-0.25, -0.2) is 9.67 Å². The first-order chi connectivity index (χ1) is 12.0. The summed E-state index contributed by atoms with van der Waals surface area (Å²) in [6.07, 6.45) is 0. The third-order valence-electron chi connectivity index (χ3n) is 4.15. The van der Waals surface area contributed by atoms with Crippen LogP contribution in [0.2, 0.25) is 0 Å². The minimum Gasteiger partial charge on any atom is -0.441 e. The van der Waals surface area contributed by atoms with E-state index >= 15 is 0 Å². The Labute approximate surface area is 142 Å². The van der Waals surface area contributed by atoms with Crippen molar-refractivity contribution in [2.75, 3.05) is 0 Å². The lowest BCUT2D eigenvalue weighted by molar-refractivity contribution is 0.405. The van der Waals surface area contributed by atoms with Crippen molar-refractivity contribution in [1.29, 1.82) is 0 Å². The SMILES string of the molecule is Cc1oc(-c2ccccc2)nc1Cn1nc(C)c2c(C)onc2c1=O. The molecule has 0 fully saturated rings. The average molecular weight is 336 g/mol. The molecular formula is C18H16N4O3. The van der Waals surface area contributed by atoms with Crippen molar-refractivity contribution in [3.8, 4) is 11.5 Å². The highest BCUT2D eigenvalue weighted by Gasteiger charge is 2.18. The van der Waals surface area contributed by atoms with E-state index in [2.05, 4.69) is 15.2 Å². The molecule has 1 aromatic carbocycles. The quantitative estimate of drug-likeness (QED) is 0.571. The maximum absolute atomic E-state index is 12.6. The molecule has 0 atom stereocenters. The van der Waals surface area contributed by atoms with Gasteiger partial charge in [0.1, 0.15) is 17.2 Å². The van der Waals surface area contributed by atoms with Gasteiger partial charge in [-0.1, -0.05) is 23.4 Å². The van der Waals surface area contributed by atoms with Gasteiger partial charge in [-0.3, -0.25) is 4.79 Å². The molecule has 3 aromatic heterocycles. The second-order valence-corrected chi connectivity index (χ2v) is 5.90. The lowest BCUT2D eigenvalue weighted by atomic mass is 10.2. The first-order valence-corrected chi connectivity index (χ1v) is 7.90. The largest absolute Gasteiger partial charge is 0.441 e. The topological polar surface area (TPSA) is 86.9 Å². The third-order valence-corrected chi connectivity index (χ3v) is 4.15. The van der Waals surface area contributed by atoms with Crippen molar-refractivity contribution in [3.63, 3.8) is 0 Å². The van der Waals surface area contributed by atoms with Crippen LogP contribution in [0.5, 0.6) is 0 Å². The molecule has 0 aliphatic carbocycles. The van der Waals surface area contributed by atoms with E-state index in [-0.39, 0.29) is 17.6 Å². The Morgan fingerprint density at radius 1 is 1.08 bits per heavy atom. The Morgan fingerprint density at radius 3 is 2.60 bits per heavy atom. The van der Waals surface area contributed by atoms with Gasteiger partial charge in [0.15, 0.2) is 5.52 Å². The summed E-state index contributed by atoms with van der Waals surface area (Å²) in [5.41, 5.74) is 2.22. The molecule has 7 nitrogen and oxygen atoms in total. The van der Waals surface area contributed by atoms with E-state index in [0.717, 1.165) is 5.56 Å². The fourth-order valence-electron chi connectivity index (χ4n) is 2.87. The molecule has 7 heteroatoms. The van der Waals surface area contributed by atoms with Gasteiger partial charge in [-0.2, -0.15) is 5.10 Å². The number of aromatic nitrogens is 4. The number of oxazole rings is 1. The maximum Gasteiger partial charge on any atom is 0.297 e. The average Bonchev–Trinajstić information content (AvgIpc) is 3.17. The van der Waals surface area contributed by atoms with Crippen LogP contribution in [0.4, 0.5) is 0 Å². The Kier molecular flexibility index (Phi) is 3.49. The number of nitrogens with zero attached hydrogens (tertiary/aromatic N) is 4. The predicted molar refractivity (Wildman–Crippen MR) is 91.3 cm³/mol. The summed E-state index contributed by atoms with van der Waals surface area (Å²) in [6.45, 7) is 5.63. The Hall–Kier alpha value is -3.22. The van der Waals surface area contributed by atoms with Crippen LogP contribution in [0.25, 0.3) is 22.4 Å². The first kappa shape index (κ1) is 15.3. The second kappa shape index (κ2) is 5.70. The molecule has 3 heterocycles. The van der Waals surface area contributed by atoms with Crippen molar-refractivity contribution < 1.29 is 8.94 Å². The minimum atomic E-state index is -0.305. The van der Waals surface area contributed by atoms with E-state index in [4.69, 9.17) is 8.94 Å². The van der Waals surface area contributed by atoms with E-state index < -0.39 is 0 Å². The van der Waals surface area contributed by atoms with Gasteiger partial charge in [0.05, 0.1) is 17.6 Å². The zero-order chi connectivity index (χ0) is 17.6. The normalized spacial score (nSPS) is 11.3. The molecule has 0 unspecified atom stereocenters. The van der Waals surface area contributed by atoms with Crippen LogP contribution in [-0.4, -0.2) is 19.9 Å². The number of rotatable bonds is 3. The zero-order valence-electron chi connectivity index (χ0n) is 14.1. The van der Waals surface area contributed by atoms with E-state index in [1.54, 1.807) is 6.92 Å². The Balaban J connectivity index is 1.76. The number of hydrogen-bond donors (Lipinski definition) is 0. The van der Waals surface area contributed by atoms with E-state index in [1.165, 1.54) is 4.68 Å². The standard InChI is InChI=1S/C18H16N4O3/c1-10-15-12(3)25-21-16(15)18(23)22(20-10)9-14-11(2)24-17(19-14)13-7-5-4-6-8-13/h4-8H,9H2,1-3H3. The summed E-state index contributed by atoms with van der Waals surface area (Å²) in [7, 11) is 0. The number of aryl methyl sites for hydroxylation is 3. The molecule has 0 spiro atoms. The van der Waals surface area contributed by atoms with Gasteiger partial charge in [0, 0.05) is 5.56 Å². The summed E-state index contributed by atoms with van der Waals surface area (Å²) in [6, 6.07) is 9.62. The van der Waals surface area contributed by atoms with Crippen LogP contribution in [-0.2, 0) is 6.54 Å². The molecular weight excluding hydrogens is 320 g/mol. The highest BCUT2D eigenvalue weighted by atomic mass is 16.5. The fourth-order valence-corrected chi connectivity index (χ4v) is 2.87. The fraction of sp³-hybridized carbons (Fsp3) is 0.222. The molecule has 0 bridgehead atoms. The zero-order valence-corrected chi connectivity index (χ0v) is 14.1. The Morgan fingerprint density at radius 2 is 1.84 bits per heavy atom. The summed E-state index contributed by atoms with van der Waals surface area (Å²) < 4.78 is 12.2. The lowest BCUT2D eigenvalue weighted by Gasteiger charge is -2.04. The molecule has 0 aliphatic rings. The molecule has 4 aromatic rings. The van der Waals surface area contributed by atoms with Gasteiger partial charge in [-0.05, 0) is 32.9 Å². The molecule has 0 saturated heterocycles. The number of fused-ring (bicyclic) bond motifs is 1. The summed E-state index contributed by atoms with van der Waals surface area (Å²) >= 11 is 0. The molecule has 4 rings (SSSR count). The predicted octanol–water partition coefficient (Wildman–Crippen LogP) is 3.01. The molecule has 0 N–H and O–H groups in total. The molecule has 0 radical (unpaired) electrons. The molecule has 126 valence electrons. The van der Waals surface area contributed by atoms with Crippen molar-refractivity contribution >= 4 is 10.9 Å². The molecule has 0 amide bonds.